The van der Waals surface area contributed by atoms with E-state index in [1.165, 1.54) is 0 Å². The summed E-state index contributed by atoms with van der Waals surface area (Å²) in [5.74, 6) is 6.43. The van der Waals surface area contributed by atoms with Crippen LogP contribution < -0.4 is 0 Å². The van der Waals surface area contributed by atoms with Crippen molar-refractivity contribution in [2.24, 2.45) is 12.5 Å². The highest BCUT2D eigenvalue weighted by Gasteiger charge is 2.14. The van der Waals surface area contributed by atoms with Gasteiger partial charge in [-0.15, -0.1) is 0 Å². The van der Waals surface area contributed by atoms with Crippen LogP contribution in [0.25, 0.3) is 11.3 Å². The molecule has 0 radical (unpaired) electrons. The van der Waals surface area contributed by atoms with Gasteiger partial charge in [-0.25, -0.2) is 0 Å². The first-order chi connectivity index (χ1) is 9.80. The summed E-state index contributed by atoms with van der Waals surface area (Å²) in [6, 6.07) is 4.98. The second-order valence-electron chi connectivity index (χ2n) is 6.07. The van der Waals surface area contributed by atoms with Crippen molar-refractivity contribution in [2.45, 2.75) is 27.4 Å². The van der Waals surface area contributed by atoms with Gasteiger partial charge >= 0.3 is 0 Å². The van der Waals surface area contributed by atoms with E-state index in [-0.39, 0.29) is 17.8 Å². The van der Waals surface area contributed by atoms with Crippen molar-refractivity contribution in [1.82, 2.24) is 9.78 Å². The van der Waals surface area contributed by atoms with Gasteiger partial charge in [0, 0.05) is 24.2 Å². The molecule has 0 amide bonds. The maximum absolute atomic E-state index is 10.1. The number of rotatable bonds is 2. The Morgan fingerprint density at radius 3 is 2.62 bits per heavy atom. The summed E-state index contributed by atoms with van der Waals surface area (Å²) in [7, 11) is 1.82. The Morgan fingerprint density at radius 2 is 2.00 bits per heavy atom. The Balaban J connectivity index is 2.56. The van der Waals surface area contributed by atoms with Crippen LogP contribution in [0.1, 0.15) is 31.9 Å². The lowest BCUT2D eigenvalue weighted by Gasteiger charge is -2.07. The Labute approximate surface area is 125 Å². The van der Waals surface area contributed by atoms with Crippen molar-refractivity contribution in [3.05, 3.63) is 35.5 Å². The van der Waals surface area contributed by atoms with Gasteiger partial charge in [0.05, 0.1) is 12.2 Å². The number of aryl methyl sites for hydroxylation is 1. The van der Waals surface area contributed by atoms with Gasteiger partial charge < -0.3 is 10.2 Å². The first-order valence-corrected chi connectivity index (χ1v) is 6.80. The molecule has 1 heterocycles. The Hall–Kier alpha value is -2.25. The molecule has 2 rings (SSSR count). The molecule has 0 unspecified atom stereocenters. The smallest absolute Gasteiger partial charge is 0.125 e. The molecular weight excluding hydrogens is 264 g/mol. The average molecular weight is 284 g/mol. The van der Waals surface area contributed by atoms with E-state index in [9.17, 15) is 10.2 Å². The van der Waals surface area contributed by atoms with Gasteiger partial charge in [0.1, 0.15) is 11.4 Å². The number of aromatic hydroxyl groups is 1. The zero-order valence-electron chi connectivity index (χ0n) is 12.8. The standard InChI is InChI=1S/C17H20N2O2/c1-17(2,3)8-7-13-10-19(4)18-16(13)14-9-12(11-20)5-6-15(14)21/h5-6,9-10,20-21H,11H2,1-4H3. The summed E-state index contributed by atoms with van der Waals surface area (Å²) in [6.45, 7) is 6.04. The van der Waals surface area contributed by atoms with E-state index in [1.807, 2.05) is 34.0 Å². The van der Waals surface area contributed by atoms with E-state index >= 15 is 0 Å². The molecule has 4 nitrogen and oxygen atoms in total. The molecule has 0 bridgehead atoms. The van der Waals surface area contributed by atoms with Crippen molar-refractivity contribution < 1.29 is 10.2 Å². The zero-order chi connectivity index (χ0) is 15.6. The average Bonchev–Trinajstić information content (AvgIpc) is 2.77. The highest BCUT2D eigenvalue weighted by molar-refractivity contribution is 5.73. The van der Waals surface area contributed by atoms with Crippen LogP contribution in [-0.4, -0.2) is 20.0 Å². The van der Waals surface area contributed by atoms with Crippen LogP contribution in [-0.2, 0) is 13.7 Å². The molecule has 110 valence electrons. The molecule has 0 atom stereocenters. The maximum atomic E-state index is 10.1. The predicted molar refractivity (Wildman–Crippen MR) is 82.6 cm³/mol. The topological polar surface area (TPSA) is 58.3 Å². The predicted octanol–water partition coefficient (Wildman–Crippen LogP) is 2.68. The monoisotopic (exact) mass is 284 g/mol. The normalized spacial score (nSPS) is 11.1. The van der Waals surface area contributed by atoms with Crippen LogP contribution in [0.2, 0.25) is 0 Å². The van der Waals surface area contributed by atoms with Gasteiger partial charge in [0.25, 0.3) is 0 Å². The van der Waals surface area contributed by atoms with Crippen molar-refractivity contribution in [3.8, 4) is 28.8 Å². The number of phenols is 1. The Morgan fingerprint density at radius 1 is 1.29 bits per heavy atom. The molecule has 2 N–H and O–H groups in total. The van der Waals surface area contributed by atoms with E-state index in [1.54, 1.807) is 22.9 Å². The Bertz CT molecular complexity index is 713. The number of nitrogens with zero attached hydrogens (tertiary/aromatic N) is 2. The number of aromatic nitrogens is 2. The molecule has 0 saturated carbocycles. The van der Waals surface area contributed by atoms with Crippen LogP contribution in [0, 0.1) is 17.3 Å². The highest BCUT2D eigenvalue weighted by atomic mass is 16.3. The van der Waals surface area contributed by atoms with Gasteiger partial charge in [0.2, 0.25) is 0 Å². The van der Waals surface area contributed by atoms with Crippen LogP contribution in [0.15, 0.2) is 24.4 Å². The number of hydrogen-bond acceptors (Lipinski definition) is 3. The van der Waals surface area contributed by atoms with E-state index < -0.39 is 0 Å². The number of benzene rings is 1. The molecule has 21 heavy (non-hydrogen) atoms. The van der Waals surface area contributed by atoms with Gasteiger partial charge in [-0.2, -0.15) is 5.10 Å². The minimum atomic E-state index is -0.109. The fraction of sp³-hybridized carbons (Fsp3) is 0.353. The van der Waals surface area contributed by atoms with Crippen molar-refractivity contribution in [3.63, 3.8) is 0 Å². The van der Waals surface area contributed by atoms with Crippen LogP contribution >= 0.6 is 0 Å². The first-order valence-electron chi connectivity index (χ1n) is 6.80. The SMILES string of the molecule is Cn1cc(C#CC(C)(C)C)c(-c2cc(CO)ccc2O)n1. The van der Waals surface area contributed by atoms with E-state index in [0.717, 1.165) is 11.1 Å². The number of phenolic OH excluding ortho intramolecular Hbond substituents is 1. The fourth-order valence-electron chi connectivity index (χ4n) is 1.90. The number of aliphatic hydroxyl groups excluding tert-OH is 1. The minimum Gasteiger partial charge on any atom is -0.507 e. The molecule has 2 aromatic rings. The summed E-state index contributed by atoms with van der Waals surface area (Å²) < 4.78 is 1.67. The summed E-state index contributed by atoms with van der Waals surface area (Å²) >= 11 is 0. The van der Waals surface area contributed by atoms with Gasteiger partial charge in [-0.3, -0.25) is 4.68 Å². The van der Waals surface area contributed by atoms with Gasteiger partial charge in [0.15, 0.2) is 0 Å². The summed E-state index contributed by atoms with van der Waals surface area (Å²) in [5, 5.41) is 23.7. The van der Waals surface area contributed by atoms with Crippen molar-refractivity contribution >= 4 is 0 Å². The van der Waals surface area contributed by atoms with Gasteiger partial charge in [-0.1, -0.05) is 17.9 Å². The number of hydrogen-bond donors (Lipinski definition) is 2. The molecule has 4 heteroatoms. The van der Waals surface area contributed by atoms with E-state index in [4.69, 9.17) is 0 Å². The maximum Gasteiger partial charge on any atom is 0.125 e. The molecule has 0 fully saturated rings. The quantitative estimate of drug-likeness (QED) is 0.834. The molecule has 1 aromatic carbocycles. The third-order valence-electron chi connectivity index (χ3n) is 2.90. The first kappa shape index (κ1) is 15.1. The van der Waals surface area contributed by atoms with E-state index in [2.05, 4.69) is 16.9 Å². The van der Waals surface area contributed by atoms with Crippen LogP contribution in [0.3, 0.4) is 0 Å². The van der Waals surface area contributed by atoms with E-state index in [0.29, 0.717) is 11.3 Å². The summed E-state index contributed by atoms with van der Waals surface area (Å²) in [6.07, 6.45) is 1.83. The third-order valence-corrected chi connectivity index (χ3v) is 2.90. The van der Waals surface area contributed by atoms with Gasteiger partial charge in [-0.05, 0) is 38.5 Å². The molecule has 0 spiro atoms. The molecule has 0 saturated heterocycles. The lowest BCUT2D eigenvalue weighted by Crippen LogP contribution is -1.99. The highest BCUT2D eigenvalue weighted by Crippen LogP contribution is 2.31. The second-order valence-corrected chi connectivity index (χ2v) is 6.07. The lowest BCUT2D eigenvalue weighted by atomic mass is 9.97. The van der Waals surface area contributed by atoms with Crippen LogP contribution in [0.5, 0.6) is 5.75 Å². The molecule has 0 aliphatic heterocycles. The summed E-state index contributed by atoms with van der Waals surface area (Å²) in [4.78, 5) is 0. The second kappa shape index (κ2) is 5.63. The summed E-state index contributed by atoms with van der Waals surface area (Å²) in [5.41, 5.74) is 2.59. The molecule has 1 aromatic heterocycles. The lowest BCUT2D eigenvalue weighted by molar-refractivity contribution is 0.282. The zero-order valence-corrected chi connectivity index (χ0v) is 12.8. The third kappa shape index (κ3) is 3.65. The van der Waals surface area contributed by atoms with Crippen LogP contribution in [0.4, 0.5) is 0 Å². The van der Waals surface area contributed by atoms with Crippen molar-refractivity contribution in [2.75, 3.05) is 0 Å². The molecule has 0 aliphatic rings. The van der Waals surface area contributed by atoms with Crippen molar-refractivity contribution in [1.29, 1.82) is 0 Å². The largest absolute Gasteiger partial charge is 0.507 e. The minimum absolute atomic E-state index is 0.0802. The fourth-order valence-corrected chi connectivity index (χ4v) is 1.90. The molecular formula is C17H20N2O2. The number of aliphatic hydroxyl groups is 1. The Kier molecular flexibility index (Phi) is 4.06. The molecule has 0 aliphatic carbocycles.